The Bertz CT molecular complexity index is 775. The van der Waals surface area contributed by atoms with Crippen LogP contribution in [0.2, 0.25) is 0 Å². The smallest absolute Gasteiger partial charge is 0.255 e. The third-order valence-electron chi connectivity index (χ3n) is 3.22. The topological polar surface area (TPSA) is 54.6 Å². The lowest BCUT2D eigenvalue weighted by Gasteiger charge is -2.02. The number of hydrogen-bond donors (Lipinski definition) is 1. The van der Waals surface area contributed by atoms with Crippen molar-refractivity contribution in [2.45, 2.75) is 6.42 Å². The number of carbonyl (C=O) groups is 1. The van der Waals surface area contributed by atoms with E-state index in [9.17, 15) is 9.18 Å². The molecule has 2 aromatic rings. The third-order valence-corrected chi connectivity index (χ3v) is 3.22. The lowest BCUT2D eigenvalue weighted by atomic mass is 10.1. The molecule has 0 aliphatic carbocycles. The van der Waals surface area contributed by atoms with E-state index in [1.165, 1.54) is 12.1 Å². The Morgan fingerprint density at radius 1 is 1.35 bits per heavy atom. The number of benzene rings is 1. The van der Waals surface area contributed by atoms with Gasteiger partial charge in [-0.25, -0.2) is 4.39 Å². The molecule has 4 nitrogen and oxygen atoms in total. The standard InChI is InChI=1S/C15H13FN2O2/c1-17-14(19)12-11-3-2-8-18-15(11)20-13(12)9-4-6-10(16)7-5-9/h3-7H,2,8H2,1H3,(H,17,19). The molecular formula is C15H13FN2O2. The molecule has 0 spiro atoms. The highest BCUT2D eigenvalue weighted by atomic mass is 19.1. The Labute approximate surface area is 114 Å². The molecule has 20 heavy (non-hydrogen) atoms. The van der Waals surface area contributed by atoms with Gasteiger partial charge >= 0.3 is 0 Å². The summed E-state index contributed by atoms with van der Waals surface area (Å²) in [6.45, 7) is 0.649. The molecule has 0 radical (unpaired) electrons. The molecule has 1 amide bonds. The quantitative estimate of drug-likeness (QED) is 0.894. The van der Waals surface area contributed by atoms with Crippen LogP contribution in [0.4, 0.5) is 4.39 Å². The zero-order valence-electron chi connectivity index (χ0n) is 10.9. The third kappa shape index (κ3) is 2.01. The maximum atomic E-state index is 13.0. The van der Waals surface area contributed by atoms with Crippen molar-refractivity contribution in [3.63, 3.8) is 0 Å². The number of furan rings is 1. The summed E-state index contributed by atoms with van der Waals surface area (Å²) in [4.78, 5) is 16.4. The number of fused-ring (bicyclic) bond motifs is 1. The van der Waals surface area contributed by atoms with Gasteiger partial charge in [0.2, 0.25) is 5.55 Å². The van der Waals surface area contributed by atoms with Crippen molar-refractivity contribution in [2.24, 2.45) is 4.99 Å². The molecule has 0 bridgehead atoms. The molecule has 1 aromatic carbocycles. The molecule has 0 unspecified atom stereocenters. The zero-order chi connectivity index (χ0) is 14.1. The Morgan fingerprint density at radius 2 is 2.10 bits per heavy atom. The van der Waals surface area contributed by atoms with Crippen molar-refractivity contribution >= 4 is 12.0 Å². The zero-order valence-corrected chi connectivity index (χ0v) is 10.9. The van der Waals surface area contributed by atoms with Gasteiger partial charge in [-0.2, -0.15) is 0 Å². The number of rotatable bonds is 2. The minimum absolute atomic E-state index is 0.234. The van der Waals surface area contributed by atoms with Gasteiger partial charge in [-0.3, -0.25) is 9.79 Å². The molecule has 1 aliphatic heterocycles. The van der Waals surface area contributed by atoms with E-state index in [0.29, 0.717) is 29.0 Å². The monoisotopic (exact) mass is 272 g/mol. The number of hydrogen-bond acceptors (Lipinski definition) is 3. The fourth-order valence-corrected chi connectivity index (χ4v) is 2.27. The lowest BCUT2D eigenvalue weighted by Crippen LogP contribution is -2.32. The van der Waals surface area contributed by atoms with Gasteiger partial charge in [0.15, 0.2) is 0 Å². The van der Waals surface area contributed by atoms with Crippen LogP contribution in [-0.2, 0) is 0 Å². The Balaban J connectivity index is 2.28. The molecule has 1 aromatic heterocycles. The highest BCUT2D eigenvalue weighted by molar-refractivity contribution is 5.99. The normalized spacial score (nSPS) is 13.1. The van der Waals surface area contributed by atoms with Gasteiger partial charge < -0.3 is 9.73 Å². The maximum Gasteiger partial charge on any atom is 0.255 e. The number of nitrogens with zero attached hydrogens (tertiary/aromatic N) is 1. The van der Waals surface area contributed by atoms with Crippen molar-refractivity contribution in [2.75, 3.05) is 13.6 Å². The number of halogens is 1. The molecule has 0 atom stereocenters. The summed E-state index contributed by atoms with van der Waals surface area (Å²) in [6.07, 6.45) is 2.73. The van der Waals surface area contributed by atoms with Crippen LogP contribution in [0.15, 0.2) is 33.7 Å². The van der Waals surface area contributed by atoms with E-state index in [1.54, 1.807) is 19.2 Å². The van der Waals surface area contributed by atoms with Crippen LogP contribution in [0.5, 0.6) is 0 Å². The largest absolute Gasteiger partial charge is 0.437 e. The van der Waals surface area contributed by atoms with Crippen LogP contribution in [0, 0.1) is 5.82 Å². The average Bonchev–Trinajstić information content (AvgIpc) is 2.86. The van der Waals surface area contributed by atoms with Gasteiger partial charge in [-0.05, 0) is 30.7 Å². The maximum absolute atomic E-state index is 13.0. The summed E-state index contributed by atoms with van der Waals surface area (Å²) < 4.78 is 18.7. The molecule has 1 N–H and O–H groups in total. The van der Waals surface area contributed by atoms with E-state index < -0.39 is 0 Å². The van der Waals surface area contributed by atoms with Crippen LogP contribution in [0.1, 0.15) is 16.8 Å². The first-order valence-corrected chi connectivity index (χ1v) is 6.36. The predicted molar refractivity (Wildman–Crippen MR) is 72.2 cm³/mol. The van der Waals surface area contributed by atoms with Crippen molar-refractivity contribution in [3.8, 4) is 11.3 Å². The van der Waals surface area contributed by atoms with Gasteiger partial charge in [-0.15, -0.1) is 0 Å². The summed E-state index contributed by atoms with van der Waals surface area (Å²) in [6, 6.07) is 5.86. The van der Waals surface area contributed by atoms with Crippen molar-refractivity contribution in [1.82, 2.24) is 5.32 Å². The SMILES string of the molecule is CNC(=O)c1c(-c2ccc(F)cc2)oc2c1=CCCN=2. The first-order valence-electron chi connectivity index (χ1n) is 6.36. The van der Waals surface area contributed by atoms with Crippen LogP contribution in [0.3, 0.4) is 0 Å². The molecule has 5 heteroatoms. The molecule has 3 rings (SSSR count). The van der Waals surface area contributed by atoms with E-state index in [1.807, 2.05) is 6.08 Å². The molecule has 0 saturated carbocycles. The highest BCUT2D eigenvalue weighted by Gasteiger charge is 2.21. The van der Waals surface area contributed by atoms with Gasteiger partial charge in [0.05, 0.1) is 5.56 Å². The minimum atomic E-state index is -0.331. The van der Waals surface area contributed by atoms with E-state index >= 15 is 0 Å². The summed E-state index contributed by atoms with van der Waals surface area (Å²) in [7, 11) is 1.57. The first-order chi connectivity index (χ1) is 9.70. The molecule has 0 fully saturated rings. The lowest BCUT2D eigenvalue weighted by molar-refractivity contribution is 0.0962. The van der Waals surface area contributed by atoms with Gasteiger partial charge in [-0.1, -0.05) is 6.08 Å². The Kier molecular flexibility index (Phi) is 3.10. The fourth-order valence-electron chi connectivity index (χ4n) is 2.27. The van der Waals surface area contributed by atoms with Gasteiger partial charge in [0, 0.05) is 24.4 Å². The van der Waals surface area contributed by atoms with Gasteiger partial charge in [0.1, 0.15) is 11.6 Å². The summed E-state index contributed by atoms with van der Waals surface area (Å²) >= 11 is 0. The second-order valence-corrected chi connectivity index (χ2v) is 4.49. The van der Waals surface area contributed by atoms with Crippen LogP contribution < -0.4 is 16.1 Å². The second-order valence-electron chi connectivity index (χ2n) is 4.49. The molecule has 102 valence electrons. The van der Waals surface area contributed by atoms with Crippen LogP contribution in [-0.4, -0.2) is 19.5 Å². The van der Waals surface area contributed by atoms with E-state index in [4.69, 9.17) is 4.42 Å². The average molecular weight is 272 g/mol. The summed E-state index contributed by atoms with van der Waals surface area (Å²) in [5.74, 6) is -0.137. The van der Waals surface area contributed by atoms with Crippen molar-refractivity contribution < 1.29 is 13.6 Å². The summed E-state index contributed by atoms with van der Waals surface area (Å²) in [5, 5.41) is 3.32. The van der Waals surface area contributed by atoms with E-state index in [-0.39, 0.29) is 11.7 Å². The second kappa shape index (κ2) is 4.92. The van der Waals surface area contributed by atoms with Crippen LogP contribution in [0.25, 0.3) is 17.4 Å². The summed E-state index contributed by atoms with van der Waals surface area (Å²) in [5.41, 5.74) is 1.58. The molecule has 2 heterocycles. The molecule has 0 saturated heterocycles. The van der Waals surface area contributed by atoms with E-state index in [0.717, 1.165) is 11.6 Å². The number of nitrogens with one attached hydrogen (secondary N) is 1. The van der Waals surface area contributed by atoms with Gasteiger partial charge in [0.25, 0.3) is 5.91 Å². The van der Waals surface area contributed by atoms with Crippen molar-refractivity contribution in [1.29, 1.82) is 0 Å². The fraction of sp³-hybridized carbons (Fsp3) is 0.200. The molecule has 1 aliphatic rings. The predicted octanol–water partition coefficient (Wildman–Crippen LogP) is 1.25. The van der Waals surface area contributed by atoms with E-state index in [2.05, 4.69) is 10.3 Å². The minimum Gasteiger partial charge on any atom is -0.437 e. The molecular weight excluding hydrogens is 259 g/mol. The van der Waals surface area contributed by atoms with Crippen molar-refractivity contribution in [3.05, 3.63) is 46.4 Å². The Hall–Kier alpha value is -2.43. The van der Waals surface area contributed by atoms with Crippen LogP contribution >= 0.6 is 0 Å². The number of carbonyl (C=O) groups excluding carboxylic acids is 1. The Morgan fingerprint density at radius 3 is 2.80 bits per heavy atom. The first kappa shape index (κ1) is 12.6. The number of amides is 1. The highest BCUT2D eigenvalue weighted by Crippen LogP contribution is 2.21.